The number of H-pyrrole nitrogens is 1. The number of aromatic nitrogens is 1. The monoisotopic (exact) mass is 355 g/mol. The van der Waals surface area contributed by atoms with Gasteiger partial charge in [0.1, 0.15) is 0 Å². The molecule has 2 aromatic rings. The first-order chi connectivity index (χ1) is 7.49. The predicted octanol–water partition coefficient (Wildman–Crippen LogP) is 3.72. The standard InChI is InChI=1S/C10H5ClF2INO/c11-6-2-4(14)1-5-8(16)3-7(10(12)13)15-9(5)6/h1-3,10H,(H,15,16). The van der Waals surface area contributed by atoms with Gasteiger partial charge in [-0.1, -0.05) is 11.6 Å². The number of hydrogen-bond donors (Lipinski definition) is 1. The molecule has 0 amide bonds. The fourth-order valence-electron chi connectivity index (χ4n) is 1.41. The summed E-state index contributed by atoms with van der Waals surface area (Å²) < 4.78 is 25.7. The van der Waals surface area contributed by atoms with Crippen molar-refractivity contribution in [3.8, 4) is 0 Å². The summed E-state index contributed by atoms with van der Waals surface area (Å²) in [5, 5.41) is 0.586. The molecule has 0 aliphatic carbocycles. The molecule has 0 saturated carbocycles. The molecule has 0 saturated heterocycles. The van der Waals surface area contributed by atoms with Crippen LogP contribution < -0.4 is 5.43 Å². The minimum absolute atomic E-state index is 0.255. The van der Waals surface area contributed by atoms with E-state index in [1.54, 1.807) is 12.1 Å². The summed E-state index contributed by atoms with van der Waals surface area (Å²) in [6.45, 7) is 0. The summed E-state index contributed by atoms with van der Waals surface area (Å²) in [4.78, 5) is 14.1. The normalized spacial score (nSPS) is 11.3. The van der Waals surface area contributed by atoms with Gasteiger partial charge in [0, 0.05) is 15.0 Å². The Hall–Kier alpha value is -0.690. The first-order valence-electron chi connectivity index (χ1n) is 4.29. The van der Waals surface area contributed by atoms with E-state index in [1.807, 2.05) is 22.6 Å². The number of alkyl halides is 2. The van der Waals surface area contributed by atoms with Gasteiger partial charge >= 0.3 is 0 Å². The van der Waals surface area contributed by atoms with Crippen molar-refractivity contribution in [2.45, 2.75) is 6.43 Å². The van der Waals surface area contributed by atoms with E-state index < -0.39 is 17.5 Å². The van der Waals surface area contributed by atoms with Gasteiger partial charge in [-0.2, -0.15) is 0 Å². The maximum atomic E-state index is 12.5. The van der Waals surface area contributed by atoms with Crippen LogP contribution >= 0.6 is 34.2 Å². The van der Waals surface area contributed by atoms with E-state index in [0.717, 1.165) is 9.64 Å². The smallest absolute Gasteiger partial charge is 0.278 e. The van der Waals surface area contributed by atoms with Gasteiger partial charge in [0.2, 0.25) is 0 Å². The van der Waals surface area contributed by atoms with Gasteiger partial charge in [-0.15, -0.1) is 0 Å². The summed E-state index contributed by atoms with van der Waals surface area (Å²) >= 11 is 7.90. The highest BCUT2D eigenvalue weighted by Crippen LogP contribution is 2.25. The average Bonchev–Trinajstić information content (AvgIpc) is 2.19. The molecule has 0 aliphatic heterocycles. The molecule has 0 fully saturated rings. The first kappa shape index (κ1) is 11.8. The van der Waals surface area contributed by atoms with Gasteiger partial charge in [0.15, 0.2) is 5.43 Å². The summed E-state index contributed by atoms with van der Waals surface area (Å²) in [5.74, 6) is 0. The Labute approximate surface area is 108 Å². The van der Waals surface area contributed by atoms with Crippen LogP contribution in [0.25, 0.3) is 10.9 Å². The predicted molar refractivity (Wildman–Crippen MR) is 67.3 cm³/mol. The van der Waals surface area contributed by atoms with Crippen molar-refractivity contribution in [3.05, 3.63) is 42.7 Å². The van der Waals surface area contributed by atoms with Crippen molar-refractivity contribution in [3.63, 3.8) is 0 Å². The molecular formula is C10H5ClF2INO. The summed E-state index contributed by atoms with van der Waals surface area (Å²) in [7, 11) is 0. The zero-order valence-electron chi connectivity index (χ0n) is 7.73. The maximum absolute atomic E-state index is 12.5. The Morgan fingerprint density at radius 3 is 2.62 bits per heavy atom. The zero-order chi connectivity index (χ0) is 11.9. The van der Waals surface area contributed by atoms with Crippen molar-refractivity contribution in [1.29, 1.82) is 0 Å². The number of benzene rings is 1. The third kappa shape index (κ3) is 2.06. The lowest BCUT2D eigenvalue weighted by Gasteiger charge is -2.05. The number of hydrogen-bond acceptors (Lipinski definition) is 1. The zero-order valence-corrected chi connectivity index (χ0v) is 10.6. The quantitative estimate of drug-likeness (QED) is 0.777. The highest BCUT2D eigenvalue weighted by atomic mass is 127. The number of aromatic amines is 1. The molecule has 2 rings (SSSR count). The summed E-state index contributed by atoms with van der Waals surface area (Å²) in [5.41, 5.74) is -0.616. The fraction of sp³-hybridized carbons (Fsp3) is 0.100. The molecule has 2 nitrogen and oxygen atoms in total. The van der Waals surface area contributed by atoms with Crippen LogP contribution in [0.5, 0.6) is 0 Å². The van der Waals surface area contributed by atoms with Crippen molar-refractivity contribution >= 4 is 45.1 Å². The van der Waals surface area contributed by atoms with E-state index in [9.17, 15) is 13.6 Å². The molecule has 0 aliphatic rings. The van der Waals surface area contributed by atoms with Crippen LogP contribution in [0.2, 0.25) is 5.02 Å². The van der Waals surface area contributed by atoms with Crippen LogP contribution in [0.15, 0.2) is 23.0 Å². The number of fused-ring (bicyclic) bond motifs is 1. The SMILES string of the molecule is O=c1cc(C(F)F)[nH]c2c(Cl)cc(I)cc12. The summed E-state index contributed by atoms with van der Waals surface area (Å²) in [6, 6.07) is 4.12. The van der Waals surface area contributed by atoms with Gasteiger partial charge in [0.25, 0.3) is 6.43 Å². The number of halogens is 4. The molecule has 16 heavy (non-hydrogen) atoms. The second-order valence-corrected chi connectivity index (χ2v) is 4.85. The lowest BCUT2D eigenvalue weighted by atomic mass is 10.2. The van der Waals surface area contributed by atoms with Gasteiger partial charge < -0.3 is 4.98 Å². The maximum Gasteiger partial charge on any atom is 0.278 e. The van der Waals surface area contributed by atoms with Crippen LogP contribution in [0.4, 0.5) is 8.78 Å². The fourth-order valence-corrected chi connectivity index (χ4v) is 2.49. The van der Waals surface area contributed by atoms with Crippen molar-refractivity contribution in [1.82, 2.24) is 4.98 Å². The number of rotatable bonds is 1. The van der Waals surface area contributed by atoms with E-state index in [-0.39, 0.29) is 10.5 Å². The Morgan fingerprint density at radius 1 is 1.31 bits per heavy atom. The van der Waals surface area contributed by atoms with Crippen LogP contribution in [0.3, 0.4) is 0 Å². The Kier molecular flexibility index (Phi) is 3.16. The van der Waals surface area contributed by atoms with Gasteiger partial charge in [0.05, 0.1) is 16.2 Å². The molecule has 0 bridgehead atoms. The molecule has 0 unspecified atom stereocenters. The number of pyridine rings is 1. The number of nitrogens with one attached hydrogen (secondary N) is 1. The van der Waals surface area contributed by atoms with E-state index in [4.69, 9.17) is 11.6 Å². The minimum Gasteiger partial charge on any atom is -0.352 e. The van der Waals surface area contributed by atoms with E-state index in [1.165, 1.54) is 0 Å². The van der Waals surface area contributed by atoms with Gasteiger partial charge in [-0.3, -0.25) is 4.79 Å². The van der Waals surface area contributed by atoms with E-state index in [2.05, 4.69) is 4.98 Å². The van der Waals surface area contributed by atoms with Crippen LogP contribution in [-0.2, 0) is 0 Å². The van der Waals surface area contributed by atoms with Crippen molar-refractivity contribution < 1.29 is 8.78 Å². The minimum atomic E-state index is -2.72. The largest absolute Gasteiger partial charge is 0.352 e. The topological polar surface area (TPSA) is 32.9 Å². The highest BCUT2D eigenvalue weighted by Gasteiger charge is 2.12. The van der Waals surface area contributed by atoms with Gasteiger partial charge in [-0.05, 0) is 34.7 Å². The van der Waals surface area contributed by atoms with Crippen LogP contribution in [-0.4, -0.2) is 4.98 Å². The Balaban J connectivity index is 2.87. The second kappa shape index (κ2) is 4.29. The Morgan fingerprint density at radius 2 is 2.00 bits per heavy atom. The third-order valence-corrected chi connectivity index (χ3v) is 3.03. The third-order valence-electron chi connectivity index (χ3n) is 2.11. The molecule has 0 atom stereocenters. The van der Waals surface area contributed by atoms with E-state index >= 15 is 0 Å². The summed E-state index contributed by atoms with van der Waals surface area (Å²) in [6.07, 6.45) is -2.72. The van der Waals surface area contributed by atoms with Crippen molar-refractivity contribution in [2.24, 2.45) is 0 Å². The Bertz CT molecular complexity index is 612. The molecule has 0 radical (unpaired) electrons. The molecule has 84 valence electrons. The lowest BCUT2D eigenvalue weighted by Crippen LogP contribution is -2.06. The van der Waals surface area contributed by atoms with E-state index in [0.29, 0.717) is 5.39 Å². The molecule has 1 heterocycles. The second-order valence-electron chi connectivity index (χ2n) is 3.20. The molecule has 1 aromatic carbocycles. The molecule has 1 N–H and O–H groups in total. The van der Waals surface area contributed by atoms with Crippen LogP contribution in [0.1, 0.15) is 12.1 Å². The van der Waals surface area contributed by atoms with Crippen molar-refractivity contribution in [2.75, 3.05) is 0 Å². The molecule has 0 spiro atoms. The average molecular weight is 356 g/mol. The first-order valence-corrected chi connectivity index (χ1v) is 5.75. The van der Waals surface area contributed by atoms with Crippen LogP contribution in [0, 0.1) is 3.57 Å². The molecular weight excluding hydrogens is 350 g/mol. The lowest BCUT2D eigenvalue weighted by molar-refractivity contribution is 0.146. The molecule has 1 aromatic heterocycles. The van der Waals surface area contributed by atoms with Gasteiger partial charge in [-0.25, -0.2) is 8.78 Å². The highest BCUT2D eigenvalue weighted by molar-refractivity contribution is 14.1. The molecule has 6 heteroatoms.